The number of hydrogen-bond donors (Lipinski definition) is 1. The Morgan fingerprint density at radius 1 is 1.36 bits per heavy atom. The molecule has 1 amide bonds. The summed E-state index contributed by atoms with van der Waals surface area (Å²) >= 11 is 2.95. The van der Waals surface area contributed by atoms with Gasteiger partial charge in [-0.1, -0.05) is 18.9 Å². The van der Waals surface area contributed by atoms with Crippen LogP contribution < -0.4 is 11.0 Å². The highest BCUT2D eigenvalue weighted by Gasteiger charge is 2.21. The minimum absolute atomic E-state index is 0.00874. The molecule has 4 rings (SSSR count). The number of nitrogens with one attached hydrogen (secondary N) is 1. The van der Waals surface area contributed by atoms with E-state index in [9.17, 15) is 9.59 Å². The standard InChI is InChI=1S/C17H18N4O2S2/c1-10-18-15-14(12-7-4-8-24-12)20-17(23)21(16(15)25-10)9-13(22)19-11-5-2-3-6-11/h4,7-8,11H,2-3,5-6,9H2,1H3,(H,19,22). The molecule has 0 atom stereocenters. The Morgan fingerprint density at radius 2 is 2.16 bits per heavy atom. The lowest BCUT2D eigenvalue weighted by Gasteiger charge is -2.13. The smallest absolute Gasteiger partial charge is 0.349 e. The molecule has 0 aliphatic heterocycles. The summed E-state index contributed by atoms with van der Waals surface area (Å²) in [6, 6.07) is 4.09. The van der Waals surface area contributed by atoms with Gasteiger partial charge in [-0.15, -0.1) is 22.7 Å². The quantitative estimate of drug-likeness (QED) is 0.762. The van der Waals surface area contributed by atoms with E-state index in [2.05, 4.69) is 15.3 Å². The lowest BCUT2D eigenvalue weighted by atomic mass is 10.2. The molecule has 130 valence electrons. The third-order valence-electron chi connectivity index (χ3n) is 4.40. The fourth-order valence-corrected chi connectivity index (χ4v) is 4.88. The molecule has 8 heteroatoms. The van der Waals surface area contributed by atoms with E-state index in [0.717, 1.165) is 35.6 Å². The van der Waals surface area contributed by atoms with Gasteiger partial charge in [0.1, 0.15) is 22.6 Å². The molecule has 25 heavy (non-hydrogen) atoms. The van der Waals surface area contributed by atoms with Gasteiger partial charge in [-0.2, -0.15) is 4.98 Å². The lowest BCUT2D eigenvalue weighted by Crippen LogP contribution is -2.38. The number of rotatable bonds is 4. The highest BCUT2D eigenvalue weighted by atomic mass is 32.1. The van der Waals surface area contributed by atoms with Crippen molar-refractivity contribution in [3.63, 3.8) is 0 Å². The minimum atomic E-state index is -0.402. The van der Waals surface area contributed by atoms with Crippen LogP contribution in [0, 0.1) is 6.92 Å². The molecule has 0 radical (unpaired) electrons. The number of aryl methyl sites for hydroxylation is 1. The largest absolute Gasteiger partial charge is 0.352 e. The van der Waals surface area contributed by atoms with E-state index in [1.807, 2.05) is 24.4 Å². The van der Waals surface area contributed by atoms with E-state index in [1.165, 1.54) is 27.2 Å². The number of hydrogen-bond acceptors (Lipinski definition) is 6. The first kappa shape index (κ1) is 16.4. The molecule has 0 bridgehead atoms. The van der Waals surface area contributed by atoms with Gasteiger partial charge >= 0.3 is 5.69 Å². The van der Waals surface area contributed by atoms with Gasteiger partial charge in [-0.3, -0.25) is 9.36 Å². The van der Waals surface area contributed by atoms with Gasteiger partial charge in [0.25, 0.3) is 0 Å². The van der Waals surface area contributed by atoms with Crippen molar-refractivity contribution in [1.82, 2.24) is 19.9 Å². The molecule has 3 aromatic heterocycles. The van der Waals surface area contributed by atoms with Gasteiger partial charge in [0.15, 0.2) is 0 Å². The normalized spacial score (nSPS) is 15.1. The van der Waals surface area contributed by atoms with Crippen LogP contribution in [0.5, 0.6) is 0 Å². The van der Waals surface area contributed by atoms with E-state index in [0.29, 0.717) is 16.0 Å². The topological polar surface area (TPSA) is 76.9 Å². The number of aromatic nitrogens is 3. The van der Waals surface area contributed by atoms with Crippen molar-refractivity contribution in [1.29, 1.82) is 0 Å². The molecule has 1 saturated carbocycles. The van der Waals surface area contributed by atoms with Crippen LogP contribution in [0.4, 0.5) is 0 Å². The zero-order valence-corrected chi connectivity index (χ0v) is 15.5. The van der Waals surface area contributed by atoms with Crippen molar-refractivity contribution in [3.8, 4) is 10.6 Å². The third-order valence-corrected chi connectivity index (χ3v) is 6.27. The Kier molecular flexibility index (Phi) is 4.39. The zero-order valence-electron chi connectivity index (χ0n) is 13.8. The van der Waals surface area contributed by atoms with E-state index in [-0.39, 0.29) is 18.5 Å². The second kappa shape index (κ2) is 6.68. The van der Waals surface area contributed by atoms with Crippen LogP contribution in [-0.4, -0.2) is 26.5 Å². The first-order valence-electron chi connectivity index (χ1n) is 8.33. The van der Waals surface area contributed by atoms with Crippen molar-refractivity contribution in [2.75, 3.05) is 0 Å². The average Bonchev–Trinajstić information content (AvgIpc) is 3.30. The Balaban J connectivity index is 1.72. The van der Waals surface area contributed by atoms with E-state index >= 15 is 0 Å². The molecule has 1 aliphatic rings. The number of fused-ring (bicyclic) bond motifs is 1. The summed E-state index contributed by atoms with van der Waals surface area (Å²) < 4.78 is 1.45. The molecule has 0 saturated heterocycles. The molecule has 1 aliphatic carbocycles. The summed E-state index contributed by atoms with van der Waals surface area (Å²) in [7, 11) is 0. The van der Waals surface area contributed by atoms with Crippen LogP contribution in [0.1, 0.15) is 30.7 Å². The number of thiophene rings is 1. The van der Waals surface area contributed by atoms with Crippen molar-refractivity contribution < 1.29 is 4.79 Å². The summed E-state index contributed by atoms with van der Waals surface area (Å²) in [6.07, 6.45) is 4.34. The van der Waals surface area contributed by atoms with Crippen molar-refractivity contribution in [2.45, 2.75) is 45.2 Å². The highest BCUT2D eigenvalue weighted by molar-refractivity contribution is 7.18. The van der Waals surface area contributed by atoms with Crippen LogP contribution in [0.25, 0.3) is 20.9 Å². The molecule has 0 unspecified atom stereocenters. The maximum absolute atomic E-state index is 12.6. The molecule has 1 fully saturated rings. The number of carbonyl (C=O) groups excluding carboxylic acids is 1. The summed E-state index contributed by atoms with van der Waals surface area (Å²) in [5.41, 5.74) is 0.895. The second-order valence-electron chi connectivity index (χ2n) is 6.24. The molecule has 0 spiro atoms. The zero-order chi connectivity index (χ0) is 17.4. The van der Waals surface area contributed by atoms with Crippen LogP contribution in [0.2, 0.25) is 0 Å². The fraction of sp³-hybridized carbons (Fsp3) is 0.412. The Labute approximate surface area is 152 Å². The predicted molar refractivity (Wildman–Crippen MR) is 100 cm³/mol. The maximum Gasteiger partial charge on any atom is 0.349 e. The van der Waals surface area contributed by atoms with Crippen molar-refractivity contribution in [2.24, 2.45) is 0 Å². The first-order valence-corrected chi connectivity index (χ1v) is 10.0. The van der Waals surface area contributed by atoms with Crippen LogP contribution in [0.15, 0.2) is 22.3 Å². The fourth-order valence-electron chi connectivity index (χ4n) is 3.26. The van der Waals surface area contributed by atoms with Gasteiger partial charge in [0.05, 0.1) is 9.88 Å². The molecular weight excluding hydrogens is 356 g/mol. The molecule has 3 heterocycles. The Bertz CT molecular complexity index is 969. The molecule has 6 nitrogen and oxygen atoms in total. The highest BCUT2D eigenvalue weighted by Crippen LogP contribution is 2.31. The van der Waals surface area contributed by atoms with Crippen LogP contribution in [0.3, 0.4) is 0 Å². The van der Waals surface area contributed by atoms with Gasteiger partial charge < -0.3 is 5.32 Å². The van der Waals surface area contributed by atoms with E-state index in [1.54, 1.807) is 0 Å². The van der Waals surface area contributed by atoms with Gasteiger partial charge in [-0.25, -0.2) is 9.78 Å². The first-order chi connectivity index (χ1) is 12.1. The summed E-state index contributed by atoms with van der Waals surface area (Å²) in [5, 5.41) is 5.83. The van der Waals surface area contributed by atoms with Gasteiger partial charge in [0, 0.05) is 6.04 Å². The summed E-state index contributed by atoms with van der Waals surface area (Å²) in [4.78, 5) is 35.4. The average molecular weight is 374 g/mol. The van der Waals surface area contributed by atoms with Gasteiger partial charge in [0.2, 0.25) is 5.91 Å². The number of thiazole rings is 1. The number of amides is 1. The number of carbonyl (C=O) groups is 1. The monoisotopic (exact) mass is 374 g/mol. The Hall–Kier alpha value is -2.06. The molecule has 1 N–H and O–H groups in total. The SMILES string of the molecule is Cc1nc2c(-c3cccs3)nc(=O)n(CC(=O)NC3CCCC3)c2s1. The Morgan fingerprint density at radius 3 is 2.88 bits per heavy atom. The van der Waals surface area contributed by atoms with Gasteiger partial charge in [-0.05, 0) is 31.2 Å². The molecule has 0 aromatic carbocycles. The lowest BCUT2D eigenvalue weighted by molar-refractivity contribution is -0.122. The second-order valence-corrected chi connectivity index (χ2v) is 8.37. The van der Waals surface area contributed by atoms with Crippen LogP contribution >= 0.6 is 22.7 Å². The summed E-state index contributed by atoms with van der Waals surface area (Å²) in [5.74, 6) is -0.132. The number of nitrogens with zero attached hydrogens (tertiary/aromatic N) is 3. The van der Waals surface area contributed by atoms with Crippen LogP contribution in [-0.2, 0) is 11.3 Å². The minimum Gasteiger partial charge on any atom is -0.352 e. The predicted octanol–water partition coefficient (Wildman–Crippen LogP) is 2.95. The van der Waals surface area contributed by atoms with E-state index in [4.69, 9.17) is 0 Å². The third kappa shape index (κ3) is 3.23. The summed E-state index contributed by atoms with van der Waals surface area (Å²) in [6.45, 7) is 1.89. The maximum atomic E-state index is 12.6. The van der Waals surface area contributed by atoms with E-state index < -0.39 is 5.69 Å². The van der Waals surface area contributed by atoms with Crippen molar-refractivity contribution in [3.05, 3.63) is 33.0 Å². The van der Waals surface area contributed by atoms with Crippen molar-refractivity contribution >= 4 is 38.9 Å². The molecular formula is C17H18N4O2S2. The molecule has 3 aromatic rings.